The van der Waals surface area contributed by atoms with Gasteiger partial charge in [0.15, 0.2) is 0 Å². The first-order valence-electron chi connectivity index (χ1n) is 10.6. The summed E-state index contributed by atoms with van der Waals surface area (Å²) in [5, 5.41) is 5.86. The first kappa shape index (κ1) is 24.1. The number of thioether (sulfide) groups is 1. The highest BCUT2D eigenvalue weighted by Gasteiger charge is 2.31. The summed E-state index contributed by atoms with van der Waals surface area (Å²) in [5.74, 6) is 1.19. The van der Waals surface area contributed by atoms with Gasteiger partial charge in [-0.1, -0.05) is 19.4 Å². The van der Waals surface area contributed by atoms with E-state index in [2.05, 4.69) is 17.6 Å². The normalized spacial score (nSPS) is 18.6. The van der Waals surface area contributed by atoms with E-state index in [0.29, 0.717) is 55.7 Å². The molecule has 0 radical (unpaired) electrons. The summed E-state index contributed by atoms with van der Waals surface area (Å²) in [4.78, 5) is 38.6. The van der Waals surface area contributed by atoms with Gasteiger partial charge < -0.3 is 20.3 Å². The number of amides is 3. The molecule has 0 saturated carbocycles. The lowest BCUT2D eigenvalue weighted by atomic mass is 9.81. The second-order valence-corrected chi connectivity index (χ2v) is 8.43. The van der Waals surface area contributed by atoms with Gasteiger partial charge in [-0.15, -0.1) is 0 Å². The maximum atomic E-state index is 12.8. The van der Waals surface area contributed by atoms with Crippen LogP contribution in [0.1, 0.15) is 43.5 Å². The molecule has 1 aliphatic rings. The van der Waals surface area contributed by atoms with Crippen molar-refractivity contribution in [3.63, 3.8) is 0 Å². The van der Waals surface area contributed by atoms with E-state index in [0.717, 1.165) is 18.6 Å². The zero-order valence-corrected chi connectivity index (χ0v) is 18.9. The molecule has 2 atom stereocenters. The molecule has 0 bridgehead atoms. The van der Waals surface area contributed by atoms with E-state index >= 15 is 0 Å². The summed E-state index contributed by atoms with van der Waals surface area (Å²) in [6.07, 6.45) is 4.27. The van der Waals surface area contributed by atoms with Crippen molar-refractivity contribution in [1.29, 1.82) is 0 Å². The number of carbonyl (C=O) groups excluding carboxylic acids is 3. The van der Waals surface area contributed by atoms with Gasteiger partial charge in [0.1, 0.15) is 0 Å². The monoisotopic (exact) mass is 435 g/mol. The minimum absolute atomic E-state index is 0.0983. The van der Waals surface area contributed by atoms with Gasteiger partial charge in [-0.25, -0.2) is 9.59 Å². The fraction of sp³-hybridized carbons (Fsp3) is 0.591. The Labute approximate surface area is 183 Å². The Morgan fingerprint density at radius 1 is 1.23 bits per heavy atom. The van der Waals surface area contributed by atoms with Crippen LogP contribution >= 0.6 is 11.8 Å². The third kappa shape index (κ3) is 7.23. The summed E-state index contributed by atoms with van der Waals surface area (Å²) < 4.78 is 5.01. The van der Waals surface area contributed by atoms with E-state index in [4.69, 9.17) is 4.74 Å². The molecule has 1 aromatic rings. The molecule has 8 heteroatoms. The molecule has 2 N–H and O–H groups in total. The van der Waals surface area contributed by atoms with Gasteiger partial charge >= 0.3 is 12.0 Å². The molecule has 30 heavy (non-hydrogen) atoms. The molecule has 1 fully saturated rings. The zero-order chi connectivity index (χ0) is 21.9. The van der Waals surface area contributed by atoms with Crippen molar-refractivity contribution in [2.75, 3.05) is 43.6 Å². The second kappa shape index (κ2) is 12.5. The van der Waals surface area contributed by atoms with E-state index in [-0.39, 0.29) is 11.9 Å². The average molecular weight is 436 g/mol. The van der Waals surface area contributed by atoms with Crippen LogP contribution in [0.4, 0.5) is 10.5 Å². The van der Waals surface area contributed by atoms with Gasteiger partial charge in [-0.2, -0.15) is 11.8 Å². The van der Waals surface area contributed by atoms with Crippen LogP contribution in [0.15, 0.2) is 24.3 Å². The van der Waals surface area contributed by atoms with Gasteiger partial charge in [0, 0.05) is 37.5 Å². The molecule has 0 spiro atoms. The van der Waals surface area contributed by atoms with Crippen molar-refractivity contribution < 1.29 is 19.1 Å². The number of piperidine rings is 1. The molecule has 2 unspecified atom stereocenters. The van der Waals surface area contributed by atoms with Crippen molar-refractivity contribution in [2.45, 2.75) is 33.1 Å². The lowest BCUT2D eigenvalue weighted by Gasteiger charge is -2.38. The summed E-state index contributed by atoms with van der Waals surface area (Å²) in [6, 6.07) is 6.58. The lowest BCUT2D eigenvalue weighted by Crippen LogP contribution is -2.46. The summed E-state index contributed by atoms with van der Waals surface area (Å²) in [5.41, 5.74) is 0.973. The Morgan fingerprint density at radius 3 is 2.73 bits per heavy atom. The number of ether oxygens (including phenoxy) is 1. The highest BCUT2D eigenvalue weighted by Crippen LogP contribution is 2.29. The average Bonchev–Trinajstić information content (AvgIpc) is 2.74. The number of carbonyl (C=O) groups is 3. The molecule has 1 saturated heterocycles. The molecule has 2 rings (SSSR count). The minimum atomic E-state index is -0.406. The number of anilines is 1. The van der Waals surface area contributed by atoms with Crippen molar-refractivity contribution in [2.24, 2.45) is 11.8 Å². The van der Waals surface area contributed by atoms with Gasteiger partial charge in [-0.3, -0.25) is 4.79 Å². The molecule has 0 aliphatic carbocycles. The smallest absolute Gasteiger partial charge is 0.338 e. The molecular formula is C22H33N3O4S. The van der Waals surface area contributed by atoms with Crippen LogP contribution in [0.5, 0.6) is 0 Å². The van der Waals surface area contributed by atoms with E-state index in [9.17, 15) is 14.4 Å². The number of benzene rings is 1. The fourth-order valence-corrected chi connectivity index (χ4v) is 4.05. The molecular weight excluding hydrogens is 402 g/mol. The van der Waals surface area contributed by atoms with Crippen molar-refractivity contribution in [3.8, 4) is 0 Å². The molecule has 3 amide bonds. The summed E-state index contributed by atoms with van der Waals surface area (Å²) in [7, 11) is 0. The van der Waals surface area contributed by atoms with Gasteiger partial charge in [0.2, 0.25) is 5.91 Å². The number of urea groups is 1. The Kier molecular flexibility index (Phi) is 10.00. The summed E-state index contributed by atoms with van der Waals surface area (Å²) >= 11 is 1.71. The maximum absolute atomic E-state index is 12.8. The first-order valence-corrected chi connectivity index (χ1v) is 12.0. The number of esters is 1. The lowest BCUT2D eigenvalue weighted by molar-refractivity contribution is -0.122. The highest BCUT2D eigenvalue weighted by molar-refractivity contribution is 7.98. The van der Waals surface area contributed by atoms with Crippen molar-refractivity contribution in [1.82, 2.24) is 10.2 Å². The zero-order valence-electron chi connectivity index (χ0n) is 18.1. The molecule has 166 valence electrons. The first-order chi connectivity index (χ1) is 14.5. The number of nitrogens with one attached hydrogen (secondary N) is 2. The SMILES string of the molecule is CCOC(=O)c1cccc(NC(=O)N2CCC(CC(=O)NCCSC)C(CC)C2)c1. The van der Waals surface area contributed by atoms with Crippen LogP contribution in [-0.4, -0.2) is 61.1 Å². The minimum Gasteiger partial charge on any atom is -0.462 e. The van der Waals surface area contributed by atoms with E-state index in [1.807, 2.05) is 6.26 Å². The molecule has 7 nitrogen and oxygen atoms in total. The van der Waals surface area contributed by atoms with E-state index in [1.165, 1.54) is 0 Å². The molecule has 1 heterocycles. The predicted octanol–water partition coefficient (Wildman–Crippen LogP) is 3.61. The largest absolute Gasteiger partial charge is 0.462 e. The van der Waals surface area contributed by atoms with Crippen LogP contribution in [0.3, 0.4) is 0 Å². The summed E-state index contributed by atoms with van der Waals surface area (Å²) in [6.45, 7) is 6.10. The Hall–Kier alpha value is -2.22. The second-order valence-electron chi connectivity index (χ2n) is 7.44. The van der Waals surface area contributed by atoms with Crippen LogP contribution in [0.2, 0.25) is 0 Å². The van der Waals surface area contributed by atoms with Crippen LogP contribution < -0.4 is 10.6 Å². The highest BCUT2D eigenvalue weighted by atomic mass is 32.2. The Bertz CT molecular complexity index is 728. The van der Waals surface area contributed by atoms with E-state index in [1.54, 1.807) is 47.9 Å². The molecule has 1 aromatic carbocycles. The standard InChI is InChI=1S/C22H33N3O4S/c1-4-16-15-25(11-9-17(16)14-20(26)23-10-12-30-3)22(28)24-19-8-6-7-18(13-19)21(27)29-5-2/h6-8,13,16-17H,4-5,9-12,14-15H2,1-3H3,(H,23,26)(H,24,28). The Balaban J connectivity index is 1.90. The van der Waals surface area contributed by atoms with Crippen molar-refractivity contribution in [3.05, 3.63) is 29.8 Å². The maximum Gasteiger partial charge on any atom is 0.338 e. The third-order valence-corrected chi connectivity index (χ3v) is 6.02. The third-order valence-electron chi connectivity index (χ3n) is 5.40. The molecule has 0 aromatic heterocycles. The topological polar surface area (TPSA) is 87.7 Å². The number of hydrogen-bond acceptors (Lipinski definition) is 5. The number of rotatable bonds is 9. The quantitative estimate of drug-likeness (QED) is 0.457. The predicted molar refractivity (Wildman–Crippen MR) is 121 cm³/mol. The van der Waals surface area contributed by atoms with Gasteiger partial charge in [0.25, 0.3) is 0 Å². The fourth-order valence-electron chi connectivity index (χ4n) is 3.74. The number of nitrogens with zero attached hydrogens (tertiary/aromatic N) is 1. The van der Waals surface area contributed by atoms with Gasteiger partial charge in [0.05, 0.1) is 12.2 Å². The molecule has 1 aliphatic heterocycles. The number of hydrogen-bond donors (Lipinski definition) is 2. The van der Waals surface area contributed by atoms with Gasteiger partial charge in [-0.05, 0) is 49.6 Å². The van der Waals surface area contributed by atoms with Crippen LogP contribution in [-0.2, 0) is 9.53 Å². The Morgan fingerprint density at radius 2 is 2.03 bits per heavy atom. The van der Waals surface area contributed by atoms with E-state index < -0.39 is 5.97 Å². The van der Waals surface area contributed by atoms with Crippen LogP contribution in [0.25, 0.3) is 0 Å². The number of likely N-dealkylation sites (tertiary alicyclic amines) is 1. The van der Waals surface area contributed by atoms with Crippen LogP contribution in [0, 0.1) is 11.8 Å². The van der Waals surface area contributed by atoms with Crippen molar-refractivity contribution >= 4 is 35.4 Å².